The number of carbonyl (C=O) groups is 1. The average molecular weight is 343 g/mol. The van der Waals surface area contributed by atoms with Crippen LogP contribution in [0.25, 0.3) is 5.57 Å². The van der Waals surface area contributed by atoms with Crippen molar-refractivity contribution < 1.29 is 14.6 Å². The van der Waals surface area contributed by atoms with Crippen LogP contribution in [0.15, 0.2) is 29.8 Å². The van der Waals surface area contributed by atoms with Crippen LogP contribution in [0, 0.1) is 11.3 Å². The van der Waals surface area contributed by atoms with Gasteiger partial charge in [0, 0.05) is 0 Å². The molecule has 0 spiro atoms. The number of hydrogen-bond acceptors (Lipinski definition) is 3. The number of methoxy groups -OCH3 is 1. The lowest BCUT2D eigenvalue weighted by molar-refractivity contribution is -0.132. The van der Waals surface area contributed by atoms with Gasteiger partial charge in [-0.3, -0.25) is 0 Å². The van der Waals surface area contributed by atoms with Crippen molar-refractivity contribution >= 4 is 11.5 Å². The maximum atomic E-state index is 11.4. The number of rotatable bonds is 12. The Morgan fingerprint density at radius 1 is 1.12 bits per heavy atom. The summed E-state index contributed by atoms with van der Waals surface area (Å²) in [6.07, 6.45) is 10.0. The Morgan fingerprint density at radius 3 is 2.32 bits per heavy atom. The molecule has 0 heterocycles. The number of hydrogen-bond donors (Lipinski definition) is 1. The van der Waals surface area contributed by atoms with Crippen LogP contribution in [-0.2, 0) is 4.79 Å². The highest BCUT2D eigenvalue weighted by Gasteiger charge is 2.16. The molecule has 0 saturated carbocycles. The van der Waals surface area contributed by atoms with E-state index >= 15 is 0 Å². The second kappa shape index (κ2) is 12.1. The van der Waals surface area contributed by atoms with Gasteiger partial charge >= 0.3 is 5.97 Å². The van der Waals surface area contributed by atoms with E-state index in [9.17, 15) is 15.2 Å². The van der Waals surface area contributed by atoms with Crippen molar-refractivity contribution in [2.45, 2.75) is 64.7 Å². The van der Waals surface area contributed by atoms with Crippen molar-refractivity contribution in [3.63, 3.8) is 0 Å². The number of ether oxygens (including phenoxy) is 1. The van der Waals surface area contributed by atoms with Gasteiger partial charge in [-0.05, 0) is 36.1 Å². The zero-order chi connectivity index (χ0) is 18.5. The smallest absolute Gasteiger partial charge is 0.346 e. The van der Waals surface area contributed by atoms with E-state index in [-0.39, 0.29) is 5.57 Å². The molecule has 0 aliphatic rings. The SMILES string of the molecule is CCCCCCCCCCC(=C(C#N)C(=O)O)c1cccc(OC)c1. The fourth-order valence-electron chi connectivity index (χ4n) is 2.90. The topological polar surface area (TPSA) is 70.3 Å². The number of nitriles is 1. The van der Waals surface area contributed by atoms with E-state index in [0.29, 0.717) is 17.7 Å². The molecule has 0 unspecified atom stereocenters. The summed E-state index contributed by atoms with van der Waals surface area (Å²) in [6, 6.07) is 9.11. The molecule has 0 atom stereocenters. The molecule has 0 saturated heterocycles. The van der Waals surface area contributed by atoms with E-state index in [4.69, 9.17) is 4.74 Å². The van der Waals surface area contributed by atoms with E-state index in [1.54, 1.807) is 13.2 Å². The Morgan fingerprint density at radius 2 is 1.76 bits per heavy atom. The highest BCUT2D eigenvalue weighted by atomic mass is 16.5. The van der Waals surface area contributed by atoms with Crippen molar-refractivity contribution in [1.29, 1.82) is 5.26 Å². The molecule has 0 amide bonds. The molecular weight excluding hydrogens is 314 g/mol. The average Bonchev–Trinajstić information content (AvgIpc) is 2.62. The standard InChI is InChI=1S/C21H29NO3/c1-3-4-5-6-7-8-9-10-14-19(20(16-22)21(23)24)17-12-11-13-18(15-17)25-2/h11-13,15H,3-10,14H2,1-2H3,(H,23,24). The van der Waals surface area contributed by atoms with Gasteiger partial charge < -0.3 is 9.84 Å². The van der Waals surface area contributed by atoms with E-state index in [1.165, 1.54) is 32.1 Å². The summed E-state index contributed by atoms with van der Waals surface area (Å²) in [5, 5.41) is 18.6. The van der Waals surface area contributed by atoms with E-state index in [2.05, 4.69) is 6.92 Å². The summed E-state index contributed by atoms with van der Waals surface area (Å²) in [7, 11) is 1.57. The van der Waals surface area contributed by atoms with Crippen LogP contribution in [0.5, 0.6) is 5.75 Å². The molecule has 4 heteroatoms. The Kier molecular flexibility index (Phi) is 10.1. The van der Waals surface area contributed by atoms with Gasteiger partial charge in [-0.2, -0.15) is 5.26 Å². The number of nitrogens with zero attached hydrogens (tertiary/aromatic N) is 1. The summed E-state index contributed by atoms with van der Waals surface area (Å²) < 4.78 is 5.22. The molecule has 1 aromatic rings. The summed E-state index contributed by atoms with van der Waals surface area (Å²) in [6.45, 7) is 2.21. The molecule has 1 aromatic carbocycles. The second-order valence-corrected chi connectivity index (χ2v) is 6.23. The third-order valence-electron chi connectivity index (χ3n) is 4.33. The Balaban J connectivity index is 2.71. The molecule has 0 aromatic heterocycles. The first-order chi connectivity index (χ1) is 12.1. The quantitative estimate of drug-likeness (QED) is 0.305. The fraction of sp³-hybridized carbons (Fsp3) is 0.524. The third-order valence-corrected chi connectivity index (χ3v) is 4.33. The van der Waals surface area contributed by atoms with Gasteiger partial charge in [-0.15, -0.1) is 0 Å². The van der Waals surface area contributed by atoms with E-state index < -0.39 is 5.97 Å². The Bertz CT molecular complexity index is 614. The molecule has 0 aliphatic heterocycles. The minimum atomic E-state index is -1.17. The van der Waals surface area contributed by atoms with Crippen molar-refractivity contribution in [1.82, 2.24) is 0 Å². The molecule has 25 heavy (non-hydrogen) atoms. The molecule has 0 fully saturated rings. The van der Waals surface area contributed by atoms with Crippen LogP contribution in [0.1, 0.15) is 70.3 Å². The highest BCUT2D eigenvalue weighted by molar-refractivity contribution is 6.00. The molecule has 1 N–H and O–H groups in total. The lowest BCUT2D eigenvalue weighted by Gasteiger charge is -2.11. The lowest BCUT2D eigenvalue weighted by Crippen LogP contribution is -2.03. The van der Waals surface area contributed by atoms with Crippen molar-refractivity contribution in [2.24, 2.45) is 0 Å². The number of unbranched alkanes of at least 4 members (excludes halogenated alkanes) is 7. The van der Waals surface area contributed by atoms with Crippen molar-refractivity contribution in [2.75, 3.05) is 7.11 Å². The summed E-state index contributed by atoms with van der Waals surface area (Å²) >= 11 is 0. The summed E-state index contributed by atoms with van der Waals surface area (Å²) in [5.41, 5.74) is 1.18. The Labute approximate surface area is 151 Å². The van der Waals surface area contributed by atoms with Crippen molar-refractivity contribution in [3.8, 4) is 11.8 Å². The zero-order valence-electron chi connectivity index (χ0n) is 15.4. The van der Waals surface area contributed by atoms with Gasteiger partial charge in [-0.1, -0.05) is 64.0 Å². The normalized spacial score (nSPS) is 11.6. The number of carboxylic acids is 1. The molecule has 4 nitrogen and oxygen atoms in total. The first-order valence-corrected chi connectivity index (χ1v) is 9.15. The van der Waals surface area contributed by atoms with Crippen LogP contribution in [0.4, 0.5) is 0 Å². The van der Waals surface area contributed by atoms with Gasteiger partial charge in [0.15, 0.2) is 0 Å². The minimum Gasteiger partial charge on any atom is -0.497 e. The number of aliphatic carboxylic acids is 1. The predicted molar refractivity (Wildman–Crippen MR) is 100 cm³/mol. The van der Waals surface area contributed by atoms with Crippen LogP contribution >= 0.6 is 0 Å². The van der Waals surface area contributed by atoms with E-state index in [1.807, 2.05) is 24.3 Å². The molecule has 0 radical (unpaired) electrons. The first-order valence-electron chi connectivity index (χ1n) is 9.15. The van der Waals surface area contributed by atoms with Crippen LogP contribution in [0.3, 0.4) is 0 Å². The molecule has 1 rings (SSSR count). The third kappa shape index (κ3) is 7.43. The molecule has 136 valence electrons. The monoisotopic (exact) mass is 343 g/mol. The minimum absolute atomic E-state index is 0.170. The zero-order valence-corrected chi connectivity index (χ0v) is 15.4. The van der Waals surface area contributed by atoms with Gasteiger partial charge in [0.2, 0.25) is 0 Å². The number of carboxylic acid groups (broad SMARTS) is 1. The van der Waals surface area contributed by atoms with E-state index in [0.717, 1.165) is 24.8 Å². The molecular formula is C21H29NO3. The number of allylic oxidation sites excluding steroid dienone is 1. The Hall–Kier alpha value is -2.28. The lowest BCUT2D eigenvalue weighted by atomic mass is 9.94. The maximum absolute atomic E-state index is 11.4. The van der Waals surface area contributed by atoms with Crippen LogP contribution < -0.4 is 4.74 Å². The summed E-state index contributed by atoms with van der Waals surface area (Å²) in [4.78, 5) is 11.4. The van der Waals surface area contributed by atoms with Gasteiger partial charge in [0.25, 0.3) is 0 Å². The predicted octanol–water partition coefficient (Wildman–Crippen LogP) is 5.59. The molecule has 0 bridgehead atoms. The highest BCUT2D eigenvalue weighted by Crippen LogP contribution is 2.28. The van der Waals surface area contributed by atoms with Crippen LogP contribution in [0.2, 0.25) is 0 Å². The van der Waals surface area contributed by atoms with Gasteiger partial charge in [0.1, 0.15) is 17.4 Å². The number of benzene rings is 1. The van der Waals surface area contributed by atoms with Crippen molar-refractivity contribution in [3.05, 3.63) is 35.4 Å². The van der Waals surface area contributed by atoms with Crippen LogP contribution in [-0.4, -0.2) is 18.2 Å². The second-order valence-electron chi connectivity index (χ2n) is 6.23. The van der Waals surface area contributed by atoms with Gasteiger partial charge in [-0.25, -0.2) is 4.79 Å². The largest absolute Gasteiger partial charge is 0.497 e. The summed E-state index contributed by atoms with van der Waals surface area (Å²) in [5.74, 6) is -0.506. The molecule has 0 aliphatic carbocycles. The fourth-order valence-corrected chi connectivity index (χ4v) is 2.90. The maximum Gasteiger partial charge on any atom is 0.346 e. The van der Waals surface area contributed by atoms with Gasteiger partial charge in [0.05, 0.1) is 7.11 Å². The first kappa shape index (κ1) is 20.8.